The fourth-order valence-electron chi connectivity index (χ4n) is 2.34. The average molecular weight is 289 g/mol. The Morgan fingerprint density at radius 3 is 2.47 bits per heavy atom. The molecule has 1 heterocycles. The third kappa shape index (κ3) is 4.03. The summed E-state index contributed by atoms with van der Waals surface area (Å²) in [6, 6.07) is 0. The zero-order valence-electron chi connectivity index (χ0n) is 11.9. The molecule has 0 aromatic heterocycles. The van der Waals surface area contributed by atoms with E-state index >= 15 is 0 Å². The standard InChI is InChI=1S/C13H23NO4S/c1-4-7-13(10-11(15)17-5-2)14(8-9-19-13)12(16)18-6-3/h4-10H2,1-3H3/t13-/m0/s1. The van der Waals surface area contributed by atoms with Crippen LogP contribution in [0.25, 0.3) is 0 Å². The highest BCUT2D eigenvalue weighted by Gasteiger charge is 2.46. The Kier molecular flexibility index (Phi) is 6.48. The normalized spacial score (nSPS) is 22.4. The monoisotopic (exact) mass is 289 g/mol. The van der Waals surface area contributed by atoms with E-state index in [1.165, 1.54) is 0 Å². The third-order valence-electron chi connectivity index (χ3n) is 3.03. The molecule has 0 spiro atoms. The van der Waals surface area contributed by atoms with Gasteiger partial charge in [0.15, 0.2) is 0 Å². The molecule has 5 nitrogen and oxygen atoms in total. The van der Waals surface area contributed by atoms with Crippen molar-refractivity contribution in [2.75, 3.05) is 25.5 Å². The van der Waals surface area contributed by atoms with Gasteiger partial charge >= 0.3 is 12.1 Å². The predicted octanol–water partition coefficient (Wildman–Crippen LogP) is 2.64. The number of rotatable bonds is 6. The lowest BCUT2D eigenvalue weighted by molar-refractivity contribution is -0.144. The summed E-state index contributed by atoms with van der Waals surface area (Å²) in [6.07, 6.45) is 1.58. The molecule has 0 unspecified atom stereocenters. The van der Waals surface area contributed by atoms with Gasteiger partial charge in [0.2, 0.25) is 0 Å². The van der Waals surface area contributed by atoms with Crippen LogP contribution in [-0.4, -0.2) is 47.3 Å². The van der Waals surface area contributed by atoms with Crippen LogP contribution >= 0.6 is 11.8 Å². The molecule has 110 valence electrons. The summed E-state index contributed by atoms with van der Waals surface area (Å²) in [4.78, 5) is 25.0. The molecule has 0 saturated carbocycles. The Bertz CT molecular complexity index is 324. The number of nitrogens with zero attached hydrogens (tertiary/aromatic N) is 1. The average Bonchev–Trinajstić information content (AvgIpc) is 2.73. The van der Waals surface area contributed by atoms with E-state index in [1.807, 2.05) is 0 Å². The molecule has 1 aliphatic heterocycles. The fraction of sp³-hybridized carbons (Fsp3) is 0.846. The SMILES string of the molecule is CCC[C@@]1(CC(=O)OCC)SCCN1C(=O)OCC. The van der Waals surface area contributed by atoms with Gasteiger partial charge in [-0.1, -0.05) is 13.3 Å². The molecule has 1 atom stereocenters. The van der Waals surface area contributed by atoms with Crippen molar-refractivity contribution in [2.24, 2.45) is 0 Å². The molecule has 1 fully saturated rings. The number of hydrogen-bond acceptors (Lipinski definition) is 5. The lowest BCUT2D eigenvalue weighted by Gasteiger charge is -2.36. The quantitative estimate of drug-likeness (QED) is 0.704. The van der Waals surface area contributed by atoms with Crippen molar-refractivity contribution in [2.45, 2.75) is 44.9 Å². The summed E-state index contributed by atoms with van der Waals surface area (Å²) < 4.78 is 10.1. The van der Waals surface area contributed by atoms with Gasteiger partial charge in [-0.15, -0.1) is 11.8 Å². The van der Waals surface area contributed by atoms with E-state index in [0.29, 0.717) is 19.8 Å². The molecule has 0 aromatic carbocycles. The molecule has 0 bridgehead atoms. The highest BCUT2D eigenvalue weighted by atomic mass is 32.2. The minimum absolute atomic E-state index is 0.234. The van der Waals surface area contributed by atoms with Crippen LogP contribution in [0.2, 0.25) is 0 Å². The van der Waals surface area contributed by atoms with Crippen molar-refractivity contribution in [3.05, 3.63) is 0 Å². The van der Waals surface area contributed by atoms with E-state index in [0.717, 1.165) is 18.6 Å². The van der Waals surface area contributed by atoms with Gasteiger partial charge in [-0.25, -0.2) is 4.79 Å². The molecule has 6 heteroatoms. The van der Waals surface area contributed by atoms with Gasteiger partial charge in [0.05, 0.1) is 19.6 Å². The number of amides is 1. The topological polar surface area (TPSA) is 55.8 Å². The fourth-order valence-corrected chi connectivity index (χ4v) is 3.88. The molecule has 1 amide bonds. The maximum absolute atomic E-state index is 12.0. The molecule has 0 aromatic rings. The van der Waals surface area contributed by atoms with E-state index < -0.39 is 4.87 Å². The molecule has 1 saturated heterocycles. The summed E-state index contributed by atoms with van der Waals surface area (Å²) in [7, 11) is 0. The molecule has 0 N–H and O–H groups in total. The number of carbonyl (C=O) groups excluding carboxylic acids is 2. The van der Waals surface area contributed by atoms with Gasteiger partial charge in [-0.05, 0) is 20.3 Å². The summed E-state index contributed by atoms with van der Waals surface area (Å²) in [5.74, 6) is 0.581. The largest absolute Gasteiger partial charge is 0.466 e. The first-order valence-corrected chi connectivity index (χ1v) is 7.82. The number of ether oxygens (including phenoxy) is 2. The van der Waals surface area contributed by atoms with Crippen LogP contribution in [0, 0.1) is 0 Å². The van der Waals surface area contributed by atoms with Crippen LogP contribution in [-0.2, 0) is 14.3 Å². The van der Waals surface area contributed by atoms with Gasteiger partial charge in [0.25, 0.3) is 0 Å². The summed E-state index contributed by atoms with van der Waals surface area (Å²) in [5.41, 5.74) is 0. The third-order valence-corrected chi connectivity index (χ3v) is 4.53. The maximum atomic E-state index is 12.0. The van der Waals surface area contributed by atoms with Crippen molar-refractivity contribution in [3.63, 3.8) is 0 Å². The minimum atomic E-state index is -0.493. The molecular formula is C13H23NO4S. The summed E-state index contributed by atoms with van der Waals surface area (Å²) in [5, 5.41) is 0. The van der Waals surface area contributed by atoms with Crippen molar-refractivity contribution in [3.8, 4) is 0 Å². The first kappa shape index (κ1) is 16.1. The van der Waals surface area contributed by atoms with Gasteiger partial charge in [0, 0.05) is 12.3 Å². The first-order valence-electron chi connectivity index (χ1n) is 6.83. The van der Waals surface area contributed by atoms with Gasteiger partial charge in [-0.3, -0.25) is 9.69 Å². The van der Waals surface area contributed by atoms with Crippen LogP contribution in [0.15, 0.2) is 0 Å². The Morgan fingerprint density at radius 1 is 1.21 bits per heavy atom. The molecule has 0 radical (unpaired) electrons. The lowest BCUT2D eigenvalue weighted by Crippen LogP contribution is -2.47. The highest BCUT2D eigenvalue weighted by molar-refractivity contribution is 8.00. The van der Waals surface area contributed by atoms with E-state index in [2.05, 4.69) is 6.92 Å². The minimum Gasteiger partial charge on any atom is -0.466 e. The van der Waals surface area contributed by atoms with Crippen molar-refractivity contribution < 1.29 is 19.1 Å². The number of hydrogen-bond donors (Lipinski definition) is 0. The molecule has 19 heavy (non-hydrogen) atoms. The Morgan fingerprint density at radius 2 is 1.89 bits per heavy atom. The predicted molar refractivity (Wildman–Crippen MR) is 75.1 cm³/mol. The van der Waals surface area contributed by atoms with E-state index in [9.17, 15) is 9.59 Å². The van der Waals surface area contributed by atoms with Crippen LogP contribution < -0.4 is 0 Å². The highest BCUT2D eigenvalue weighted by Crippen LogP contribution is 2.43. The maximum Gasteiger partial charge on any atom is 0.410 e. The van der Waals surface area contributed by atoms with Crippen LogP contribution in [0.3, 0.4) is 0 Å². The zero-order valence-corrected chi connectivity index (χ0v) is 12.8. The smallest absolute Gasteiger partial charge is 0.410 e. The molecule has 1 aliphatic rings. The Balaban J connectivity index is 2.82. The second-order valence-corrected chi connectivity index (χ2v) is 5.83. The summed E-state index contributed by atoms with van der Waals surface area (Å²) >= 11 is 1.66. The van der Waals surface area contributed by atoms with E-state index in [4.69, 9.17) is 9.47 Å². The van der Waals surface area contributed by atoms with Crippen molar-refractivity contribution >= 4 is 23.8 Å². The number of esters is 1. The van der Waals surface area contributed by atoms with E-state index in [1.54, 1.807) is 30.5 Å². The lowest BCUT2D eigenvalue weighted by atomic mass is 10.1. The van der Waals surface area contributed by atoms with Crippen molar-refractivity contribution in [1.29, 1.82) is 0 Å². The second kappa shape index (κ2) is 7.62. The Labute approximate surface area is 119 Å². The van der Waals surface area contributed by atoms with E-state index in [-0.39, 0.29) is 18.5 Å². The van der Waals surface area contributed by atoms with Crippen molar-refractivity contribution in [1.82, 2.24) is 4.90 Å². The van der Waals surface area contributed by atoms with Gasteiger partial charge < -0.3 is 9.47 Å². The zero-order chi connectivity index (χ0) is 14.3. The number of thioether (sulfide) groups is 1. The van der Waals surface area contributed by atoms with Crippen LogP contribution in [0.4, 0.5) is 4.79 Å². The number of carbonyl (C=O) groups is 2. The molecule has 0 aliphatic carbocycles. The molecular weight excluding hydrogens is 266 g/mol. The second-order valence-electron chi connectivity index (χ2n) is 4.38. The van der Waals surface area contributed by atoms with Crippen LogP contribution in [0.1, 0.15) is 40.0 Å². The van der Waals surface area contributed by atoms with Crippen LogP contribution in [0.5, 0.6) is 0 Å². The summed E-state index contributed by atoms with van der Waals surface area (Å²) in [6.45, 7) is 6.97. The Hall–Kier alpha value is -0.910. The van der Waals surface area contributed by atoms with Gasteiger partial charge in [0.1, 0.15) is 4.87 Å². The first-order chi connectivity index (χ1) is 9.09. The van der Waals surface area contributed by atoms with Gasteiger partial charge in [-0.2, -0.15) is 0 Å². The molecule has 1 rings (SSSR count).